The second-order valence-electron chi connectivity index (χ2n) is 17.7. The van der Waals surface area contributed by atoms with Crippen LogP contribution in [0.15, 0.2) is 69.9 Å². The maximum Gasteiger partial charge on any atom is 0.306 e. The Morgan fingerprint density at radius 1 is 0.673 bits per heavy atom. The lowest BCUT2D eigenvalue weighted by Crippen LogP contribution is -2.43. The molecule has 6 rings (SSSR count). The zero-order valence-corrected chi connectivity index (χ0v) is 37.2. The molecular weight excluding hydrogens is 721 g/mol. The average molecular weight is 781 g/mol. The third-order valence-corrected chi connectivity index (χ3v) is 20.5. The van der Waals surface area contributed by atoms with Crippen molar-refractivity contribution < 1.29 is 32.0 Å². The Balaban J connectivity index is 0.000000212. The Kier molecular flexibility index (Phi) is 12.2. The molecule has 2 aromatic heterocycles. The largest absolute Gasteiger partial charge is 0.541 e. The number of aldehydes is 1. The maximum absolute atomic E-state index is 11.9. The van der Waals surface area contributed by atoms with Crippen LogP contribution >= 0.6 is 0 Å². The molecule has 294 valence electrons. The minimum Gasteiger partial charge on any atom is -0.541 e. The van der Waals surface area contributed by atoms with Gasteiger partial charge in [0.2, 0.25) is 0 Å². The van der Waals surface area contributed by atoms with E-state index in [0.29, 0.717) is 32.3 Å². The molecular formula is C46H60O7Si2. The highest BCUT2D eigenvalue weighted by Gasteiger charge is 2.41. The number of carbonyl (C=O) groups excluding carboxylic acids is 2. The number of carbonyl (C=O) groups is 2. The molecule has 0 aliphatic rings. The first kappa shape index (κ1) is 41.8. The van der Waals surface area contributed by atoms with Crippen LogP contribution in [0.4, 0.5) is 0 Å². The van der Waals surface area contributed by atoms with Crippen molar-refractivity contribution >= 4 is 72.4 Å². The van der Waals surface area contributed by atoms with Gasteiger partial charge < -0.3 is 27.2 Å². The molecule has 6 aromatic rings. The van der Waals surface area contributed by atoms with Crippen molar-refractivity contribution in [3.8, 4) is 11.5 Å². The van der Waals surface area contributed by atoms with Crippen LogP contribution < -0.4 is 8.85 Å². The summed E-state index contributed by atoms with van der Waals surface area (Å²) in [6.45, 7) is 28.9. The molecule has 55 heavy (non-hydrogen) atoms. The average Bonchev–Trinajstić information content (AvgIpc) is 3.75. The first-order valence-corrected chi connectivity index (χ1v) is 25.4. The SMILES string of the molecule is CCOC(=O)CCc1coc2c(O[Si](C)(C)C(C)(C)C)c3ccccc3c(C)c12.Cc1c2ccccc2c(O[Si](C)(C)C(C)(C)C)c2occ(CCC=O)c12. The molecule has 0 saturated heterocycles. The van der Waals surface area contributed by atoms with Gasteiger partial charge in [0.1, 0.15) is 6.29 Å². The first-order chi connectivity index (χ1) is 25.7. The molecule has 0 saturated carbocycles. The maximum atomic E-state index is 11.9. The quantitative estimate of drug-likeness (QED) is 0.0735. The van der Waals surface area contributed by atoms with Gasteiger partial charge in [0.15, 0.2) is 22.7 Å². The van der Waals surface area contributed by atoms with Crippen LogP contribution in [0, 0.1) is 13.8 Å². The van der Waals surface area contributed by atoms with Crippen LogP contribution in [0.25, 0.3) is 43.5 Å². The number of hydrogen-bond donors (Lipinski definition) is 0. The van der Waals surface area contributed by atoms with E-state index in [4.69, 9.17) is 22.4 Å². The van der Waals surface area contributed by atoms with Crippen LogP contribution in [0.2, 0.25) is 36.3 Å². The molecule has 2 heterocycles. The topological polar surface area (TPSA) is 88.1 Å². The molecule has 0 fully saturated rings. The second kappa shape index (κ2) is 16.0. The number of benzene rings is 4. The van der Waals surface area contributed by atoms with E-state index >= 15 is 0 Å². The van der Waals surface area contributed by atoms with E-state index in [0.717, 1.165) is 72.6 Å². The van der Waals surface area contributed by atoms with Crippen molar-refractivity contribution in [2.24, 2.45) is 0 Å². The summed E-state index contributed by atoms with van der Waals surface area (Å²) in [5, 5.41) is 6.84. The molecule has 0 spiro atoms. The van der Waals surface area contributed by atoms with Gasteiger partial charge in [-0.2, -0.15) is 0 Å². The number of fused-ring (bicyclic) bond motifs is 4. The van der Waals surface area contributed by atoms with Crippen molar-refractivity contribution in [1.82, 2.24) is 0 Å². The number of hydrogen-bond acceptors (Lipinski definition) is 7. The van der Waals surface area contributed by atoms with Crippen LogP contribution in [-0.4, -0.2) is 35.5 Å². The second-order valence-corrected chi connectivity index (χ2v) is 27.1. The summed E-state index contributed by atoms with van der Waals surface area (Å²) in [5.74, 6) is 1.50. The predicted octanol–water partition coefficient (Wildman–Crippen LogP) is 13.2. The van der Waals surface area contributed by atoms with Gasteiger partial charge in [0.05, 0.1) is 19.1 Å². The van der Waals surface area contributed by atoms with Crippen molar-refractivity contribution in [2.45, 2.75) is 124 Å². The summed E-state index contributed by atoms with van der Waals surface area (Å²) in [7, 11) is -4.10. The highest BCUT2D eigenvalue weighted by molar-refractivity contribution is 6.75. The summed E-state index contributed by atoms with van der Waals surface area (Å²) in [6, 6.07) is 16.7. The normalized spacial score (nSPS) is 12.6. The Morgan fingerprint density at radius 2 is 1.07 bits per heavy atom. The molecule has 9 heteroatoms. The van der Waals surface area contributed by atoms with Crippen LogP contribution in [0.1, 0.15) is 83.6 Å². The van der Waals surface area contributed by atoms with E-state index in [1.54, 1.807) is 12.5 Å². The third kappa shape index (κ3) is 8.43. The zero-order chi connectivity index (χ0) is 40.5. The van der Waals surface area contributed by atoms with Crippen molar-refractivity contribution in [1.29, 1.82) is 0 Å². The number of esters is 1. The predicted molar refractivity (Wildman–Crippen MR) is 232 cm³/mol. The number of ether oxygens (including phenoxy) is 1. The molecule has 0 N–H and O–H groups in total. The van der Waals surface area contributed by atoms with Crippen LogP contribution in [-0.2, 0) is 27.2 Å². The fraction of sp³-hybridized carbons (Fsp3) is 0.435. The lowest BCUT2D eigenvalue weighted by Gasteiger charge is -2.36. The van der Waals surface area contributed by atoms with Gasteiger partial charge in [-0.15, -0.1) is 0 Å². The highest BCUT2D eigenvalue weighted by Crippen LogP contribution is 2.47. The van der Waals surface area contributed by atoms with E-state index < -0.39 is 16.6 Å². The zero-order valence-electron chi connectivity index (χ0n) is 35.2. The van der Waals surface area contributed by atoms with E-state index in [1.807, 2.05) is 19.1 Å². The van der Waals surface area contributed by atoms with Crippen molar-refractivity contribution in [2.75, 3.05) is 6.61 Å². The molecule has 7 nitrogen and oxygen atoms in total. The van der Waals surface area contributed by atoms with Gasteiger partial charge in [-0.3, -0.25) is 4.79 Å². The van der Waals surface area contributed by atoms with Gasteiger partial charge in [0, 0.05) is 34.4 Å². The molecule has 0 bridgehead atoms. The molecule has 0 aliphatic heterocycles. The van der Waals surface area contributed by atoms with Crippen molar-refractivity contribution in [3.63, 3.8) is 0 Å². The molecule has 0 radical (unpaired) electrons. The lowest BCUT2D eigenvalue weighted by molar-refractivity contribution is -0.143. The van der Waals surface area contributed by atoms with E-state index in [2.05, 4.69) is 118 Å². The Hall–Kier alpha value is -4.35. The monoisotopic (exact) mass is 780 g/mol. The molecule has 0 aliphatic carbocycles. The van der Waals surface area contributed by atoms with Gasteiger partial charge in [-0.1, -0.05) is 90.1 Å². The lowest BCUT2D eigenvalue weighted by atomic mass is 9.97. The summed E-state index contributed by atoms with van der Waals surface area (Å²) in [5.41, 5.74) is 6.04. The number of furan rings is 2. The highest BCUT2D eigenvalue weighted by atomic mass is 28.4. The molecule has 0 amide bonds. The van der Waals surface area contributed by atoms with Gasteiger partial charge in [0.25, 0.3) is 16.6 Å². The smallest absolute Gasteiger partial charge is 0.306 e. The minimum absolute atomic E-state index is 0.0741. The summed E-state index contributed by atoms with van der Waals surface area (Å²) < 4.78 is 30.7. The van der Waals surface area contributed by atoms with E-state index in [1.165, 1.54) is 10.9 Å². The standard InChI is InChI=1S/C24H32O4Si.C22H28O3Si/c1-8-26-20(25)14-13-17-15-27-23-21(17)16(2)18-11-9-10-12-19(18)22(23)28-29(6,7)24(3,4)5;1-15-17-11-7-8-12-18(17)20(25-26(5,6)22(2,3)4)21-19(15)16(14-24-21)10-9-13-23/h9-12,15H,8,13-14H2,1-7H3;7-8,11-14H,9-10H2,1-6H3. The van der Waals surface area contributed by atoms with E-state index in [-0.39, 0.29) is 16.0 Å². The minimum atomic E-state index is -2.07. The van der Waals surface area contributed by atoms with Gasteiger partial charge in [-0.25, -0.2) is 0 Å². The summed E-state index contributed by atoms with van der Waals surface area (Å²) in [6.07, 6.45) is 6.64. The Labute approximate surface area is 329 Å². The van der Waals surface area contributed by atoms with Crippen LogP contribution in [0.5, 0.6) is 11.5 Å². The van der Waals surface area contributed by atoms with Crippen LogP contribution in [0.3, 0.4) is 0 Å². The molecule has 0 unspecified atom stereocenters. The fourth-order valence-electron chi connectivity index (χ4n) is 6.55. The fourth-order valence-corrected chi connectivity index (χ4v) is 8.58. The molecule has 4 aromatic carbocycles. The first-order valence-electron chi connectivity index (χ1n) is 19.5. The summed E-state index contributed by atoms with van der Waals surface area (Å²) in [4.78, 5) is 22.7. The van der Waals surface area contributed by atoms with Gasteiger partial charge >= 0.3 is 5.97 Å². The third-order valence-electron chi connectivity index (χ3n) is 11.8. The Morgan fingerprint density at radius 3 is 1.45 bits per heavy atom. The van der Waals surface area contributed by atoms with Crippen molar-refractivity contribution in [3.05, 3.63) is 83.3 Å². The Bertz CT molecular complexity index is 2330. The number of rotatable bonds is 11. The summed E-state index contributed by atoms with van der Waals surface area (Å²) >= 11 is 0. The number of aryl methyl sites for hydroxylation is 4. The van der Waals surface area contributed by atoms with Gasteiger partial charge in [-0.05, 0) is 103 Å². The van der Waals surface area contributed by atoms with E-state index in [9.17, 15) is 9.59 Å². The molecule has 0 atom stereocenters.